The summed E-state index contributed by atoms with van der Waals surface area (Å²) in [6.07, 6.45) is -1.14. The number of aliphatic carboxylic acids is 1. The fourth-order valence-electron chi connectivity index (χ4n) is 4.18. The fourth-order valence-corrected chi connectivity index (χ4v) is 4.18. The first kappa shape index (κ1) is 23.1. The molecule has 34 heavy (non-hydrogen) atoms. The quantitative estimate of drug-likeness (QED) is 0.481. The first-order chi connectivity index (χ1) is 16.2. The van der Waals surface area contributed by atoms with Gasteiger partial charge in [-0.05, 0) is 22.3 Å². The van der Waals surface area contributed by atoms with Crippen molar-refractivity contribution in [2.75, 3.05) is 19.7 Å². The maximum absolute atomic E-state index is 14.3. The van der Waals surface area contributed by atoms with Gasteiger partial charge < -0.3 is 25.8 Å². The van der Waals surface area contributed by atoms with E-state index in [0.29, 0.717) is 0 Å². The lowest BCUT2D eigenvalue weighted by atomic mass is 9.98. The molecule has 0 bridgehead atoms. The second-order valence-electron chi connectivity index (χ2n) is 8.02. The van der Waals surface area contributed by atoms with Crippen LogP contribution in [0.4, 0.5) is 13.6 Å². The molecule has 1 saturated heterocycles. The molecule has 2 aromatic rings. The van der Waals surface area contributed by atoms with Gasteiger partial charge in [0.2, 0.25) is 5.91 Å². The summed E-state index contributed by atoms with van der Waals surface area (Å²) in [7, 11) is 0. The summed E-state index contributed by atoms with van der Waals surface area (Å²) < 4.78 is 33.7. The van der Waals surface area contributed by atoms with Gasteiger partial charge in [-0.2, -0.15) is 8.78 Å². The van der Waals surface area contributed by atoms with E-state index >= 15 is 0 Å². The molecule has 1 fully saturated rings. The Balaban J connectivity index is 1.33. The zero-order valence-electron chi connectivity index (χ0n) is 17.7. The standard InChI is InChI=1S/C23H21F2N3O6/c24-23(25,21(32)28-18-16(20(30)31)9-26-19(18)29)11-27-22(33)34-10-17-14-7-3-1-5-12(14)13-6-2-4-8-15(13)17/h1-8,16-18H,9-11H2,(H,26,29)(H,27,33)(H,28,32)(H,30,31). The van der Waals surface area contributed by atoms with E-state index in [4.69, 9.17) is 9.84 Å². The minimum atomic E-state index is -4.10. The molecule has 2 aliphatic rings. The predicted molar refractivity (Wildman–Crippen MR) is 114 cm³/mol. The van der Waals surface area contributed by atoms with Crippen LogP contribution in [0.15, 0.2) is 48.5 Å². The average Bonchev–Trinajstić information content (AvgIpc) is 3.34. The van der Waals surface area contributed by atoms with Crippen LogP contribution < -0.4 is 16.0 Å². The minimum Gasteiger partial charge on any atom is -0.481 e. The Bertz CT molecular complexity index is 1110. The number of carbonyl (C=O) groups excluding carboxylic acids is 3. The van der Waals surface area contributed by atoms with Gasteiger partial charge in [-0.25, -0.2) is 4.79 Å². The highest BCUT2D eigenvalue weighted by molar-refractivity contribution is 5.96. The lowest BCUT2D eigenvalue weighted by Crippen LogP contribution is -2.54. The number of hydrogen-bond donors (Lipinski definition) is 4. The first-order valence-electron chi connectivity index (χ1n) is 10.5. The molecule has 1 aliphatic carbocycles. The summed E-state index contributed by atoms with van der Waals surface area (Å²) in [5.41, 5.74) is 3.91. The highest BCUT2D eigenvalue weighted by atomic mass is 19.3. The number of alkyl carbamates (subject to hydrolysis) is 1. The monoisotopic (exact) mass is 473 g/mol. The number of carboxylic acid groups (broad SMARTS) is 1. The number of rotatable bonds is 7. The fraction of sp³-hybridized carbons (Fsp3) is 0.304. The lowest BCUT2D eigenvalue weighted by Gasteiger charge is -2.21. The molecule has 4 rings (SSSR count). The topological polar surface area (TPSA) is 134 Å². The van der Waals surface area contributed by atoms with Crippen LogP contribution in [-0.2, 0) is 19.1 Å². The molecular weight excluding hydrogens is 452 g/mol. The number of nitrogens with one attached hydrogen (secondary N) is 3. The Labute approximate surface area is 192 Å². The van der Waals surface area contributed by atoms with Gasteiger partial charge in [0.25, 0.3) is 5.91 Å². The summed E-state index contributed by atoms with van der Waals surface area (Å²) in [6.45, 7) is -1.77. The van der Waals surface area contributed by atoms with Crippen molar-refractivity contribution >= 4 is 23.9 Å². The third-order valence-electron chi connectivity index (χ3n) is 5.92. The number of carbonyl (C=O) groups is 4. The van der Waals surface area contributed by atoms with E-state index in [1.165, 1.54) is 0 Å². The third kappa shape index (κ3) is 4.41. The number of ether oxygens (including phenoxy) is 1. The van der Waals surface area contributed by atoms with Crippen LogP contribution in [-0.4, -0.2) is 60.6 Å². The molecule has 1 heterocycles. The van der Waals surface area contributed by atoms with Crippen LogP contribution in [0.1, 0.15) is 17.0 Å². The average molecular weight is 473 g/mol. The van der Waals surface area contributed by atoms with E-state index < -0.39 is 48.3 Å². The number of benzene rings is 2. The summed E-state index contributed by atoms with van der Waals surface area (Å²) in [5.74, 6) is -9.90. The first-order valence-corrected chi connectivity index (χ1v) is 10.5. The molecule has 1 aliphatic heterocycles. The number of fused-ring (bicyclic) bond motifs is 3. The smallest absolute Gasteiger partial charge is 0.407 e. The van der Waals surface area contributed by atoms with Crippen LogP contribution in [0, 0.1) is 5.92 Å². The van der Waals surface area contributed by atoms with Crippen molar-refractivity contribution in [1.29, 1.82) is 0 Å². The number of alkyl halides is 2. The van der Waals surface area contributed by atoms with E-state index in [2.05, 4.69) is 5.32 Å². The molecule has 3 amide bonds. The molecule has 0 aromatic heterocycles. The Morgan fingerprint density at radius 2 is 1.65 bits per heavy atom. The molecule has 0 spiro atoms. The minimum absolute atomic E-state index is 0.0971. The molecule has 9 nitrogen and oxygen atoms in total. The summed E-state index contributed by atoms with van der Waals surface area (Å²) in [4.78, 5) is 46.9. The molecule has 11 heteroatoms. The maximum Gasteiger partial charge on any atom is 0.407 e. The number of halogens is 2. The van der Waals surface area contributed by atoms with E-state index in [1.54, 1.807) is 5.32 Å². The summed E-state index contributed by atoms with van der Waals surface area (Å²) in [6, 6.07) is 13.6. The van der Waals surface area contributed by atoms with Crippen molar-refractivity contribution in [2.24, 2.45) is 5.92 Å². The normalized spacial score (nSPS) is 19.1. The summed E-state index contributed by atoms with van der Waals surface area (Å²) in [5, 5.41) is 14.9. The van der Waals surface area contributed by atoms with E-state index in [1.807, 2.05) is 53.8 Å². The van der Waals surface area contributed by atoms with Crippen LogP contribution in [0.2, 0.25) is 0 Å². The van der Waals surface area contributed by atoms with Crippen molar-refractivity contribution in [3.05, 3.63) is 59.7 Å². The van der Waals surface area contributed by atoms with Gasteiger partial charge in [-0.3, -0.25) is 14.4 Å². The second kappa shape index (κ2) is 9.08. The predicted octanol–water partition coefficient (Wildman–Crippen LogP) is 1.48. The Hall–Kier alpha value is -4.02. The van der Waals surface area contributed by atoms with Gasteiger partial charge in [-0.1, -0.05) is 48.5 Å². The highest BCUT2D eigenvalue weighted by Crippen LogP contribution is 2.44. The second-order valence-corrected chi connectivity index (χ2v) is 8.02. The molecule has 4 N–H and O–H groups in total. The molecule has 178 valence electrons. The van der Waals surface area contributed by atoms with Gasteiger partial charge in [0.15, 0.2) is 0 Å². The van der Waals surface area contributed by atoms with Crippen LogP contribution >= 0.6 is 0 Å². The van der Waals surface area contributed by atoms with Crippen molar-refractivity contribution in [1.82, 2.24) is 16.0 Å². The van der Waals surface area contributed by atoms with E-state index in [-0.39, 0.29) is 19.1 Å². The summed E-state index contributed by atoms with van der Waals surface area (Å²) >= 11 is 0. The van der Waals surface area contributed by atoms with Gasteiger partial charge in [-0.15, -0.1) is 0 Å². The largest absolute Gasteiger partial charge is 0.481 e. The molecule has 2 aromatic carbocycles. The van der Waals surface area contributed by atoms with Crippen molar-refractivity contribution in [3.63, 3.8) is 0 Å². The zero-order valence-corrected chi connectivity index (χ0v) is 17.7. The molecule has 2 atom stereocenters. The van der Waals surface area contributed by atoms with Crippen LogP contribution in [0.25, 0.3) is 11.1 Å². The van der Waals surface area contributed by atoms with Crippen LogP contribution in [0.5, 0.6) is 0 Å². The Morgan fingerprint density at radius 1 is 1.06 bits per heavy atom. The lowest BCUT2D eigenvalue weighted by molar-refractivity contribution is -0.149. The highest BCUT2D eigenvalue weighted by Gasteiger charge is 2.46. The Morgan fingerprint density at radius 3 is 2.24 bits per heavy atom. The molecular formula is C23H21F2N3O6. The molecule has 2 unspecified atom stereocenters. The van der Waals surface area contributed by atoms with Crippen LogP contribution in [0.3, 0.4) is 0 Å². The number of amides is 3. The Kier molecular flexibility index (Phi) is 6.18. The van der Waals surface area contributed by atoms with Crippen molar-refractivity contribution in [3.8, 4) is 11.1 Å². The van der Waals surface area contributed by atoms with Gasteiger partial charge in [0.05, 0.1) is 6.54 Å². The van der Waals surface area contributed by atoms with Gasteiger partial charge >= 0.3 is 18.0 Å². The van der Waals surface area contributed by atoms with E-state index in [9.17, 15) is 28.0 Å². The SMILES string of the molecule is O=C(NCC(F)(F)C(=O)NC1C(=O)NCC1C(=O)O)OCC1c2ccccc2-c2ccccc21. The number of carboxylic acids is 1. The maximum atomic E-state index is 14.3. The van der Waals surface area contributed by atoms with E-state index in [0.717, 1.165) is 22.3 Å². The number of hydrogen-bond acceptors (Lipinski definition) is 5. The van der Waals surface area contributed by atoms with Crippen molar-refractivity contribution < 1.29 is 37.8 Å². The third-order valence-corrected chi connectivity index (χ3v) is 5.92. The van der Waals surface area contributed by atoms with Crippen molar-refractivity contribution in [2.45, 2.75) is 17.9 Å². The van der Waals surface area contributed by atoms with Gasteiger partial charge in [0, 0.05) is 12.5 Å². The zero-order chi connectivity index (χ0) is 24.5. The van der Waals surface area contributed by atoms with Gasteiger partial charge in [0.1, 0.15) is 18.6 Å². The molecule has 0 saturated carbocycles. The molecule has 0 radical (unpaired) electrons.